The van der Waals surface area contributed by atoms with E-state index in [9.17, 15) is 0 Å². The molecule has 6 heteroatoms. The van der Waals surface area contributed by atoms with E-state index < -0.39 is 0 Å². The Morgan fingerprint density at radius 3 is 2.67 bits per heavy atom. The first kappa shape index (κ1) is 14.3. The second kappa shape index (κ2) is 5.73. The van der Waals surface area contributed by atoms with Gasteiger partial charge in [-0.2, -0.15) is 5.10 Å². The van der Waals surface area contributed by atoms with Crippen LogP contribution in [0.2, 0.25) is 0 Å². The molecule has 0 atom stereocenters. The molecule has 2 N–H and O–H groups in total. The summed E-state index contributed by atoms with van der Waals surface area (Å²) in [5, 5.41) is 12.5. The number of nitrogens with one attached hydrogen (secondary N) is 2. The second-order valence-electron chi connectivity index (χ2n) is 5.38. The molecular formula is C18H16N4O2. The number of pyridine rings is 1. The van der Waals surface area contributed by atoms with Gasteiger partial charge in [0.25, 0.3) is 0 Å². The van der Waals surface area contributed by atoms with E-state index in [1.807, 2.05) is 36.4 Å². The highest BCUT2D eigenvalue weighted by Crippen LogP contribution is 2.35. The minimum absolute atomic E-state index is 0.662. The standard InChI is InChI=1S/C18H16N4O2/c1-23-17-8-13-15(5-6-19-16(13)9-18(17)24-2)21-12-3-4-14-11(7-12)10-20-22-14/h3-10H,1-2H3,(H,19,21)(H,20,22). The van der Waals surface area contributed by atoms with Crippen molar-refractivity contribution in [2.75, 3.05) is 19.5 Å². The zero-order valence-corrected chi connectivity index (χ0v) is 13.3. The molecule has 6 nitrogen and oxygen atoms in total. The summed E-state index contributed by atoms with van der Waals surface area (Å²) in [5.41, 5.74) is 3.77. The second-order valence-corrected chi connectivity index (χ2v) is 5.38. The first-order valence-electron chi connectivity index (χ1n) is 7.49. The van der Waals surface area contributed by atoms with Gasteiger partial charge in [-0.05, 0) is 30.3 Å². The molecule has 120 valence electrons. The van der Waals surface area contributed by atoms with E-state index in [1.165, 1.54) is 0 Å². The van der Waals surface area contributed by atoms with Crippen LogP contribution in [0.4, 0.5) is 11.4 Å². The zero-order valence-electron chi connectivity index (χ0n) is 13.3. The van der Waals surface area contributed by atoms with Crippen molar-refractivity contribution < 1.29 is 9.47 Å². The van der Waals surface area contributed by atoms with Gasteiger partial charge in [0.1, 0.15) is 0 Å². The lowest BCUT2D eigenvalue weighted by atomic mass is 10.1. The highest BCUT2D eigenvalue weighted by atomic mass is 16.5. The number of aromatic amines is 1. The van der Waals surface area contributed by atoms with Crippen LogP contribution in [0.25, 0.3) is 21.8 Å². The van der Waals surface area contributed by atoms with Gasteiger partial charge in [-0.1, -0.05) is 0 Å². The van der Waals surface area contributed by atoms with Crippen molar-refractivity contribution in [2.45, 2.75) is 0 Å². The average Bonchev–Trinajstić information content (AvgIpc) is 3.08. The number of hydrogen-bond donors (Lipinski definition) is 2. The Kier molecular flexibility index (Phi) is 3.42. The van der Waals surface area contributed by atoms with Crippen molar-refractivity contribution in [3.05, 3.63) is 48.8 Å². The molecule has 0 aliphatic carbocycles. The van der Waals surface area contributed by atoms with Crippen LogP contribution in [-0.2, 0) is 0 Å². The maximum atomic E-state index is 5.40. The number of H-pyrrole nitrogens is 1. The van der Waals surface area contributed by atoms with Crippen molar-refractivity contribution in [2.24, 2.45) is 0 Å². The Labute approximate surface area is 138 Å². The van der Waals surface area contributed by atoms with Crippen LogP contribution < -0.4 is 14.8 Å². The van der Waals surface area contributed by atoms with E-state index in [1.54, 1.807) is 26.6 Å². The normalized spacial score (nSPS) is 10.9. The molecule has 0 saturated carbocycles. The quantitative estimate of drug-likeness (QED) is 0.597. The summed E-state index contributed by atoms with van der Waals surface area (Å²) in [5.74, 6) is 1.33. The van der Waals surface area contributed by atoms with E-state index in [2.05, 4.69) is 20.5 Å². The van der Waals surface area contributed by atoms with Crippen LogP contribution in [0.1, 0.15) is 0 Å². The number of anilines is 2. The molecule has 4 aromatic rings. The van der Waals surface area contributed by atoms with Crippen molar-refractivity contribution in [3.8, 4) is 11.5 Å². The topological polar surface area (TPSA) is 72.1 Å². The molecule has 4 rings (SSSR count). The number of methoxy groups -OCH3 is 2. The molecule has 0 radical (unpaired) electrons. The lowest BCUT2D eigenvalue weighted by molar-refractivity contribution is 0.356. The summed E-state index contributed by atoms with van der Waals surface area (Å²) in [4.78, 5) is 4.42. The Morgan fingerprint density at radius 1 is 1.00 bits per heavy atom. The van der Waals surface area contributed by atoms with Crippen molar-refractivity contribution in [3.63, 3.8) is 0 Å². The Bertz CT molecular complexity index is 1030. The van der Waals surface area contributed by atoms with E-state index in [0.717, 1.165) is 33.2 Å². The number of aromatic nitrogens is 3. The smallest absolute Gasteiger partial charge is 0.162 e. The van der Waals surface area contributed by atoms with E-state index in [0.29, 0.717) is 11.5 Å². The number of rotatable bonds is 4. The highest BCUT2D eigenvalue weighted by molar-refractivity contribution is 5.95. The molecule has 2 heterocycles. The predicted octanol–water partition coefficient (Wildman–Crippen LogP) is 3.87. The summed E-state index contributed by atoms with van der Waals surface area (Å²) in [6.07, 6.45) is 3.58. The molecule has 0 saturated heterocycles. The number of hydrogen-bond acceptors (Lipinski definition) is 5. The fraction of sp³-hybridized carbons (Fsp3) is 0.111. The van der Waals surface area contributed by atoms with Gasteiger partial charge in [-0.25, -0.2) is 0 Å². The van der Waals surface area contributed by atoms with E-state index >= 15 is 0 Å². The third-order valence-electron chi connectivity index (χ3n) is 3.97. The van der Waals surface area contributed by atoms with Crippen LogP contribution in [0.5, 0.6) is 11.5 Å². The minimum Gasteiger partial charge on any atom is -0.493 e. The maximum absolute atomic E-state index is 5.40. The molecule has 0 aliphatic rings. The summed E-state index contributed by atoms with van der Waals surface area (Å²) in [6, 6.07) is 11.8. The third-order valence-corrected chi connectivity index (χ3v) is 3.97. The molecule has 0 spiro atoms. The molecule has 0 amide bonds. The predicted molar refractivity (Wildman–Crippen MR) is 94.2 cm³/mol. The Hall–Kier alpha value is -3.28. The number of ether oxygens (including phenoxy) is 2. The summed E-state index contributed by atoms with van der Waals surface area (Å²) >= 11 is 0. The molecule has 0 unspecified atom stereocenters. The first-order valence-corrected chi connectivity index (χ1v) is 7.49. The van der Waals surface area contributed by atoms with Gasteiger partial charge in [0.15, 0.2) is 11.5 Å². The van der Waals surface area contributed by atoms with Gasteiger partial charge in [0, 0.05) is 34.4 Å². The van der Waals surface area contributed by atoms with Gasteiger partial charge in [-0.15, -0.1) is 0 Å². The zero-order chi connectivity index (χ0) is 16.5. The monoisotopic (exact) mass is 320 g/mol. The Morgan fingerprint density at radius 2 is 1.83 bits per heavy atom. The number of fused-ring (bicyclic) bond motifs is 2. The third kappa shape index (κ3) is 2.38. The van der Waals surface area contributed by atoms with Crippen LogP contribution >= 0.6 is 0 Å². The first-order chi connectivity index (χ1) is 11.8. The van der Waals surface area contributed by atoms with Crippen molar-refractivity contribution in [1.82, 2.24) is 15.2 Å². The molecule has 24 heavy (non-hydrogen) atoms. The van der Waals surface area contributed by atoms with Gasteiger partial charge in [0.05, 0.1) is 31.4 Å². The lowest BCUT2D eigenvalue weighted by Gasteiger charge is -2.13. The molecule has 0 fully saturated rings. The summed E-state index contributed by atoms with van der Waals surface area (Å²) in [7, 11) is 3.24. The summed E-state index contributed by atoms with van der Waals surface area (Å²) < 4.78 is 10.7. The number of nitrogens with zero attached hydrogens (tertiary/aromatic N) is 2. The molecule has 2 aromatic heterocycles. The van der Waals surface area contributed by atoms with E-state index in [-0.39, 0.29) is 0 Å². The maximum Gasteiger partial charge on any atom is 0.162 e. The van der Waals surface area contributed by atoms with Crippen molar-refractivity contribution >= 4 is 33.2 Å². The van der Waals surface area contributed by atoms with Gasteiger partial charge < -0.3 is 14.8 Å². The van der Waals surface area contributed by atoms with Crippen LogP contribution in [-0.4, -0.2) is 29.4 Å². The fourth-order valence-corrected chi connectivity index (χ4v) is 2.76. The van der Waals surface area contributed by atoms with Gasteiger partial charge >= 0.3 is 0 Å². The molecule has 0 bridgehead atoms. The van der Waals surface area contributed by atoms with E-state index in [4.69, 9.17) is 9.47 Å². The molecule has 2 aromatic carbocycles. The summed E-state index contributed by atoms with van der Waals surface area (Å²) in [6.45, 7) is 0. The SMILES string of the molecule is COc1cc2nccc(Nc3ccc4[nH]ncc4c3)c2cc1OC. The van der Waals surface area contributed by atoms with Crippen LogP contribution in [0, 0.1) is 0 Å². The largest absolute Gasteiger partial charge is 0.493 e. The minimum atomic E-state index is 0.662. The highest BCUT2D eigenvalue weighted by Gasteiger charge is 2.10. The number of benzene rings is 2. The molecular weight excluding hydrogens is 304 g/mol. The van der Waals surface area contributed by atoms with Crippen LogP contribution in [0.15, 0.2) is 48.8 Å². The lowest BCUT2D eigenvalue weighted by Crippen LogP contribution is -1.95. The fourth-order valence-electron chi connectivity index (χ4n) is 2.76. The average molecular weight is 320 g/mol. The Balaban J connectivity index is 1.80. The van der Waals surface area contributed by atoms with Gasteiger partial charge in [0.2, 0.25) is 0 Å². The molecule has 0 aliphatic heterocycles. The van der Waals surface area contributed by atoms with Crippen LogP contribution in [0.3, 0.4) is 0 Å². The van der Waals surface area contributed by atoms with Crippen molar-refractivity contribution in [1.29, 1.82) is 0 Å². The van der Waals surface area contributed by atoms with Gasteiger partial charge in [-0.3, -0.25) is 10.1 Å².